The number of hydrogen-bond donors (Lipinski definition) is 3. The van der Waals surface area contributed by atoms with Crippen LogP contribution in [0, 0.1) is 37.4 Å². The fourth-order valence-corrected chi connectivity index (χ4v) is 13.8. The van der Waals surface area contributed by atoms with Gasteiger partial charge in [0.25, 0.3) is 0 Å². The number of halogens is 3. The molecule has 10 heterocycles. The second kappa shape index (κ2) is 22.6. The zero-order chi connectivity index (χ0) is 57.2. The lowest BCUT2D eigenvalue weighted by Crippen LogP contribution is -2.56. The van der Waals surface area contributed by atoms with Crippen molar-refractivity contribution in [3.05, 3.63) is 82.3 Å². The normalized spacial score (nSPS) is 25.8. The average Bonchev–Trinajstić information content (AvgIpc) is 4.21. The van der Waals surface area contributed by atoms with Crippen LogP contribution in [0.5, 0.6) is 0 Å². The van der Waals surface area contributed by atoms with E-state index < -0.39 is 51.7 Å². The number of amides is 5. The van der Waals surface area contributed by atoms with E-state index in [4.69, 9.17) is 53.4 Å². The number of nitrogens with zero attached hydrogens (tertiary/aromatic N) is 11. The van der Waals surface area contributed by atoms with Crippen LogP contribution in [0.15, 0.2) is 56.8 Å². The minimum atomic E-state index is -0.856. The van der Waals surface area contributed by atoms with Crippen LogP contribution in [-0.4, -0.2) is 168 Å². The van der Waals surface area contributed by atoms with E-state index >= 15 is 0 Å². The number of alkyl carbamates (subject to hydrolysis) is 2. The minimum Gasteiger partial charge on any atom is -0.444 e. The van der Waals surface area contributed by atoms with Crippen LogP contribution in [0.25, 0.3) is 0 Å². The Labute approximate surface area is 483 Å². The molecule has 3 saturated heterocycles. The molecule has 0 aromatic carbocycles. The molecule has 0 radical (unpaired) electrons. The van der Waals surface area contributed by atoms with Crippen LogP contribution in [-0.2, 0) is 40.5 Å². The Morgan fingerprint density at radius 2 is 1.09 bits per heavy atom. The van der Waals surface area contributed by atoms with Crippen LogP contribution in [0.3, 0.4) is 0 Å². The highest BCUT2D eigenvalue weighted by Crippen LogP contribution is 2.49. The minimum absolute atomic E-state index is 0. The molecule has 0 unspecified atom stereocenters. The largest absolute Gasteiger partial charge is 0.444 e. The van der Waals surface area contributed by atoms with Gasteiger partial charge in [-0.25, -0.2) is 38.9 Å². The number of aryl methyl sites for hydroxylation is 2. The number of carbonyl (C=O) groups excluding carboxylic acids is 5. The van der Waals surface area contributed by atoms with Gasteiger partial charge in [0.1, 0.15) is 27.8 Å². The number of likely N-dealkylation sites (tertiary alicyclic amines) is 2. The molecule has 6 aliphatic heterocycles. The molecule has 4 N–H and O–H groups in total. The first-order chi connectivity index (χ1) is 36.4. The Morgan fingerprint density at radius 1 is 0.671 bits per heavy atom. The van der Waals surface area contributed by atoms with Gasteiger partial charge in [0.2, 0.25) is 35.6 Å². The van der Waals surface area contributed by atoms with Crippen molar-refractivity contribution < 1.29 is 39.3 Å². The van der Waals surface area contributed by atoms with Crippen molar-refractivity contribution in [3.63, 3.8) is 0 Å². The summed E-state index contributed by atoms with van der Waals surface area (Å²) in [6.07, 6.45) is -1.25. The number of fused-ring (bicyclic) bond motifs is 3. The van der Waals surface area contributed by atoms with Crippen LogP contribution in [0.4, 0.5) is 19.9 Å². The van der Waals surface area contributed by atoms with Crippen LogP contribution in [0.2, 0.25) is 8.67 Å². The van der Waals surface area contributed by atoms with E-state index in [0.717, 1.165) is 14.6 Å². The van der Waals surface area contributed by atoms with Gasteiger partial charge in [0, 0.05) is 69.9 Å². The lowest BCUT2D eigenvalue weighted by Gasteiger charge is -2.38. The van der Waals surface area contributed by atoms with Crippen molar-refractivity contribution in [3.8, 4) is 0 Å². The third kappa shape index (κ3) is 12.1. The van der Waals surface area contributed by atoms with Crippen molar-refractivity contribution in [2.75, 3.05) is 79.4 Å². The van der Waals surface area contributed by atoms with E-state index in [9.17, 15) is 28.4 Å². The van der Waals surface area contributed by atoms with Gasteiger partial charge in [-0.1, -0.05) is 36.7 Å². The number of nitrogens with one attached hydrogen (secondary N) is 2. The molecular weight excluding hydrogens is 1120 g/mol. The molecule has 4 aromatic rings. The van der Waals surface area contributed by atoms with Gasteiger partial charge >= 0.3 is 12.2 Å². The van der Waals surface area contributed by atoms with Gasteiger partial charge in [-0.05, 0) is 105 Å². The van der Waals surface area contributed by atoms with Gasteiger partial charge in [-0.3, -0.25) is 39.7 Å². The van der Waals surface area contributed by atoms with Crippen molar-refractivity contribution in [2.24, 2.45) is 38.5 Å². The molecule has 27 heteroatoms. The van der Waals surface area contributed by atoms with E-state index in [1.165, 1.54) is 37.4 Å². The Kier molecular flexibility index (Phi) is 17.4. The highest BCUT2D eigenvalue weighted by molar-refractivity contribution is 7.16. The maximum absolute atomic E-state index is 13.9. The number of anilines is 1. The number of rotatable bonds is 4. The number of nitrogens with two attached hydrogens (primary N) is 1. The number of carbonyl (C=O) groups is 5. The topological polar surface area (TPSA) is 236 Å². The van der Waals surface area contributed by atoms with E-state index in [2.05, 4.69) is 30.4 Å². The molecular formula is C52H71Cl2FN14O7S3. The summed E-state index contributed by atoms with van der Waals surface area (Å²) in [5, 5.41) is 7.27. The van der Waals surface area contributed by atoms with Gasteiger partial charge in [0.05, 0.1) is 44.4 Å². The molecule has 3 fully saturated rings. The summed E-state index contributed by atoms with van der Waals surface area (Å²) >= 11 is 16.7. The summed E-state index contributed by atoms with van der Waals surface area (Å²) < 4.78 is 25.8. The fraction of sp³-hybridized carbons (Fsp3) is 0.538. The fourth-order valence-electron chi connectivity index (χ4n) is 10.5. The van der Waals surface area contributed by atoms with Crippen molar-refractivity contribution in [2.45, 2.75) is 90.6 Å². The molecule has 0 aliphatic carbocycles. The number of hydrogen-bond acceptors (Lipinski definition) is 19. The average molecular weight is 1190 g/mol. The second-order valence-corrected chi connectivity index (χ2v) is 26.6. The van der Waals surface area contributed by atoms with Crippen LogP contribution < -0.4 is 21.3 Å². The zero-order valence-electron chi connectivity index (χ0n) is 45.7. The Hall–Kier alpha value is -5.83. The van der Waals surface area contributed by atoms with E-state index in [-0.39, 0.29) is 67.7 Å². The monoisotopic (exact) mass is 1190 g/mol. The molecule has 0 bridgehead atoms. The van der Waals surface area contributed by atoms with Crippen LogP contribution >= 0.6 is 57.2 Å². The van der Waals surface area contributed by atoms with E-state index in [1.54, 1.807) is 93.9 Å². The van der Waals surface area contributed by atoms with Gasteiger partial charge in [-0.2, -0.15) is 0 Å². The molecule has 79 heavy (non-hydrogen) atoms. The maximum Gasteiger partial charge on any atom is 0.414 e. The Bertz CT molecular complexity index is 3090. The zero-order valence-corrected chi connectivity index (χ0v) is 49.7. The number of aliphatic imine (C=N–C) groups is 3. The summed E-state index contributed by atoms with van der Waals surface area (Å²) in [7, 11) is 8.80. The van der Waals surface area contributed by atoms with Crippen molar-refractivity contribution in [1.82, 2.24) is 45.1 Å². The van der Waals surface area contributed by atoms with Gasteiger partial charge in [0.15, 0.2) is 11.8 Å². The maximum atomic E-state index is 13.9. The lowest BCUT2D eigenvalue weighted by atomic mass is 9.84. The summed E-state index contributed by atoms with van der Waals surface area (Å²) in [5.74, 6) is -0.737. The molecule has 0 spiro atoms. The molecule has 10 rings (SSSR count). The van der Waals surface area contributed by atoms with Crippen LogP contribution in [0.1, 0.15) is 76.4 Å². The highest BCUT2D eigenvalue weighted by Gasteiger charge is 2.59. The third-order valence-corrected chi connectivity index (χ3v) is 17.8. The third-order valence-electron chi connectivity index (χ3n) is 14.0. The van der Waals surface area contributed by atoms with E-state index in [1.807, 2.05) is 54.7 Å². The summed E-state index contributed by atoms with van der Waals surface area (Å²) in [5.41, 5.74) is 3.05. The lowest BCUT2D eigenvalue weighted by molar-refractivity contribution is -0.133. The first-order valence-electron chi connectivity index (χ1n) is 24.9. The number of ether oxygens (including phenoxy) is 2. The quantitative estimate of drug-likeness (QED) is 0.182. The van der Waals surface area contributed by atoms with Gasteiger partial charge < -0.3 is 29.9 Å². The molecule has 430 valence electrons. The second-order valence-electron chi connectivity index (χ2n) is 22.2. The smallest absolute Gasteiger partial charge is 0.414 e. The predicted molar refractivity (Wildman–Crippen MR) is 310 cm³/mol. The summed E-state index contributed by atoms with van der Waals surface area (Å²) in [4.78, 5) is 99.3. The number of thiophene rings is 3. The van der Waals surface area contributed by atoms with E-state index in [0.29, 0.717) is 53.9 Å². The number of likely N-dealkylation sites (N-methyl/N-ethyl adjacent to an activating group) is 2. The first kappa shape index (κ1) is 60.8. The van der Waals surface area contributed by atoms with Gasteiger partial charge in [-0.15, -0.1) is 34.0 Å². The van der Waals surface area contributed by atoms with Crippen molar-refractivity contribution >= 4 is 111 Å². The Morgan fingerprint density at radius 3 is 1.49 bits per heavy atom. The molecule has 21 nitrogen and oxygen atoms in total. The predicted octanol–water partition coefficient (Wildman–Crippen LogP) is 7.32. The molecule has 6 atom stereocenters. The molecule has 4 aromatic heterocycles. The standard InChI is InChI=1S/C17H18ClFN6OS.C17H23ClN4O3S.C17H24N4O3S.CH4.H2/c1-8-13(19)9(2)22-16(21-8)25-6-10-14(26)24(3)15(20)23-17(10,7-25)11-4-5-12(18)27-11;1-16(2,3)25-15(24)19-14-20-17(11-6-7-12(18)26-11)9-21(4)8-10(17)13(23)22(14)5;1-16(2,3)24-15(23)18-14-19-17(12-7-6-8-25-12)10-20(4)9-11(17)13(22)21(14)5;;/h4-5,10H,6-7H2,1-3H3,(H2,20,23);6-7,10H,8-9H2,1-5H3,(H,19,20,24);6-8,11H,9-10H2,1-5H3,(H,18,19,23);1H4;1H/t2*10-,17-;11-,17-;;/m000../s1/i;;;;1+1. The first-order valence-corrected chi connectivity index (χ1v) is 28.2. The van der Waals surface area contributed by atoms with Crippen molar-refractivity contribution in [1.29, 1.82) is 0 Å². The molecule has 5 amide bonds. The molecule has 0 saturated carbocycles. The Balaban J connectivity index is 0.000000191. The SMILES string of the molecule is C.CN1C[C@H]2C(=O)N(C)C(NC(=O)OC(C)(C)C)=N[C@@]2(c2ccc(Cl)s2)C1.CN1C[C@H]2C(=O)N(C)C(NC(=O)OC(C)(C)C)=N[C@@]2(c2cccs2)C1.Cc1nc(N2C[C@H]3C(=O)N(C)C(N)=N[C@@]3(c3ccc(Cl)s3)C2)nc(C)c1F.[2HH]. The number of guanidine groups is 3. The summed E-state index contributed by atoms with van der Waals surface area (Å²) in [6, 6.07) is 11.3. The highest BCUT2D eigenvalue weighted by atomic mass is 35.5. The number of aromatic nitrogens is 2. The molecule has 6 aliphatic rings. The summed E-state index contributed by atoms with van der Waals surface area (Å²) in [6.45, 7) is 17.1.